The predicted molar refractivity (Wildman–Crippen MR) is 89.9 cm³/mol. The number of ether oxygens (including phenoxy) is 1. The van der Waals surface area contributed by atoms with E-state index >= 15 is 0 Å². The lowest BCUT2D eigenvalue weighted by atomic mass is 9.84. The van der Waals surface area contributed by atoms with E-state index in [0.29, 0.717) is 35.3 Å². The minimum atomic E-state index is -0.251. The van der Waals surface area contributed by atoms with Gasteiger partial charge in [-0.05, 0) is 53.4 Å². The number of ketones is 2. The van der Waals surface area contributed by atoms with Gasteiger partial charge < -0.3 is 4.74 Å². The summed E-state index contributed by atoms with van der Waals surface area (Å²) in [7, 11) is 0. The molecule has 1 rings (SSSR count). The molecular weight excluding hydrogens is 292 g/mol. The minimum Gasteiger partial charge on any atom is -0.466 e. The van der Waals surface area contributed by atoms with E-state index < -0.39 is 0 Å². The highest BCUT2D eigenvalue weighted by Gasteiger charge is 2.26. The Morgan fingerprint density at radius 2 is 1.57 bits per heavy atom. The Morgan fingerprint density at radius 1 is 0.957 bits per heavy atom. The normalized spacial score (nSPS) is 16.3. The van der Waals surface area contributed by atoms with Crippen molar-refractivity contribution in [3.05, 3.63) is 33.9 Å². The molecule has 0 aliphatic heterocycles. The largest absolute Gasteiger partial charge is 0.466 e. The van der Waals surface area contributed by atoms with Gasteiger partial charge in [-0.15, -0.1) is 0 Å². The van der Waals surface area contributed by atoms with Crippen LogP contribution in [-0.2, 0) is 19.1 Å². The quantitative estimate of drug-likeness (QED) is 0.309. The third-order valence-corrected chi connectivity index (χ3v) is 4.24. The lowest BCUT2D eigenvalue weighted by molar-refractivity contribution is -0.141. The van der Waals surface area contributed by atoms with Crippen LogP contribution in [0.15, 0.2) is 33.9 Å². The van der Waals surface area contributed by atoms with Crippen molar-refractivity contribution in [1.29, 1.82) is 0 Å². The molecule has 126 valence electrons. The molecule has 4 nitrogen and oxygen atoms in total. The molecule has 0 aromatic rings. The van der Waals surface area contributed by atoms with Gasteiger partial charge in [-0.25, -0.2) is 0 Å². The molecule has 0 saturated heterocycles. The highest BCUT2D eigenvalue weighted by atomic mass is 16.5. The third-order valence-electron chi connectivity index (χ3n) is 4.24. The van der Waals surface area contributed by atoms with Crippen molar-refractivity contribution in [1.82, 2.24) is 0 Å². The fraction of sp³-hybridized carbons (Fsp3) is 0.526. The van der Waals surface area contributed by atoms with E-state index in [1.165, 1.54) is 12.5 Å². The van der Waals surface area contributed by atoms with Crippen molar-refractivity contribution in [2.75, 3.05) is 6.61 Å². The van der Waals surface area contributed by atoms with E-state index in [1.54, 1.807) is 20.8 Å². The molecule has 0 fully saturated rings. The molecule has 1 aliphatic carbocycles. The van der Waals surface area contributed by atoms with Crippen LogP contribution in [0.3, 0.4) is 0 Å². The molecule has 0 aromatic heterocycles. The zero-order chi connectivity index (χ0) is 17.6. The van der Waals surface area contributed by atoms with Crippen LogP contribution in [0.25, 0.3) is 0 Å². The number of carbonyl (C=O) groups excluding carboxylic acids is 3. The van der Waals surface area contributed by atoms with Gasteiger partial charge in [-0.3, -0.25) is 14.4 Å². The number of hydrogen-bond donors (Lipinski definition) is 0. The molecule has 0 aromatic carbocycles. The van der Waals surface area contributed by atoms with E-state index in [2.05, 4.69) is 0 Å². The molecule has 0 saturated carbocycles. The molecular formula is C19H26O4. The fourth-order valence-electron chi connectivity index (χ4n) is 2.50. The van der Waals surface area contributed by atoms with Gasteiger partial charge in [0.15, 0.2) is 11.6 Å². The molecule has 0 amide bonds. The number of hydrogen-bond acceptors (Lipinski definition) is 4. The molecule has 0 N–H and O–H groups in total. The Hall–Kier alpha value is -1.97. The molecule has 0 unspecified atom stereocenters. The maximum atomic E-state index is 12.3. The summed E-state index contributed by atoms with van der Waals surface area (Å²) >= 11 is 0. The first-order valence-electron chi connectivity index (χ1n) is 8.01. The molecule has 0 bridgehead atoms. The first-order valence-corrected chi connectivity index (χ1v) is 8.01. The molecule has 0 atom stereocenters. The summed E-state index contributed by atoms with van der Waals surface area (Å²) in [5.74, 6) is -0.290. The maximum absolute atomic E-state index is 12.3. The Labute approximate surface area is 138 Å². The Bertz CT molecular complexity index is 603. The van der Waals surface area contributed by atoms with Crippen LogP contribution in [0, 0.1) is 0 Å². The molecule has 23 heavy (non-hydrogen) atoms. The van der Waals surface area contributed by atoms with Crippen molar-refractivity contribution in [2.45, 2.75) is 60.3 Å². The lowest BCUT2D eigenvalue weighted by Gasteiger charge is -2.17. The number of esters is 1. The number of unbranched alkanes of at least 4 members (excludes halogenated alkanes) is 1. The minimum absolute atomic E-state index is 0.0153. The topological polar surface area (TPSA) is 60.4 Å². The average Bonchev–Trinajstić information content (AvgIpc) is 2.50. The Morgan fingerprint density at radius 3 is 2.17 bits per heavy atom. The second kappa shape index (κ2) is 8.61. The second-order valence-corrected chi connectivity index (χ2v) is 6.06. The monoisotopic (exact) mass is 318 g/mol. The summed E-state index contributed by atoms with van der Waals surface area (Å²) < 4.78 is 4.89. The highest BCUT2D eigenvalue weighted by Crippen LogP contribution is 2.27. The SMILES string of the molecule is CC(=O)OCCCC/C(C)=C/CC1=C(C)C(=O)C(C)=C(C)C1=O. The van der Waals surface area contributed by atoms with E-state index in [4.69, 9.17) is 4.74 Å². The van der Waals surface area contributed by atoms with Gasteiger partial charge in [0.1, 0.15) is 0 Å². The smallest absolute Gasteiger partial charge is 0.302 e. The van der Waals surface area contributed by atoms with Crippen LogP contribution in [0.4, 0.5) is 0 Å². The van der Waals surface area contributed by atoms with Crippen LogP contribution < -0.4 is 0 Å². The summed E-state index contributed by atoms with van der Waals surface area (Å²) in [6, 6.07) is 0. The molecule has 0 radical (unpaired) electrons. The first-order chi connectivity index (χ1) is 10.8. The summed E-state index contributed by atoms with van der Waals surface area (Å²) in [4.78, 5) is 35.1. The van der Waals surface area contributed by atoms with Gasteiger partial charge in [0.05, 0.1) is 6.61 Å². The van der Waals surface area contributed by atoms with Crippen LogP contribution >= 0.6 is 0 Å². The standard InChI is InChI=1S/C19H26O4/c1-12(8-6-7-11-23-16(5)20)9-10-17-15(4)18(21)13(2)14(3)19(17)22/h9H,6-8,10-11H2,1-5H3/b12-9+. The van der Waals surface area contributed by atoms with Gasteiger partial charge >= 0.3 is 5.97 Å². The summed E-state index contributed by atoms with van der Waals surface area (Å²) in [5.41, 5.74) is 3.47. The van der Waals surface area contributed by atoms with E-state index in [9.17, 15) is 14.4 Å². The fourth-order valence-corrected chi connectivity index (χ4v) is 2.50. The van der Waals surface area contributed by atoms with Gasteiger partial charge in [0.25, 0.3) is 0 Å². The summed E-state index contributed by atoms with van der Waals surface area (Å²) in [5, 5.41) is 0. The number of carbonyl (C=O) groups is 3. The van der Waals surface area contributed by atoms with E-state index in [0.717, 1.165) is 19.3 Å². The summed E-state index contributed by atoms with van der Waals surface area (Å²) in [6.45, 7) is 9.02. The van der Waals surface area contributed by atoms with Crippen molar-refractivity contribution in [3.63, 3.8) is 0 Å². The van der Waals surface area contributed by atoms with E-state index in [1.807, 2.05) is 13.0 Å². The molecule has 0 spiro atoms. The van der Waals surface area contributed by atoms with Gasteiger partial charge in [-0.2, -0.15) is 0 Å². The average molecular weight is 318 g/mol. The van der Waals surface area contributed by atoms with Crippen LogP contribution in [0.1, 0.15) is 60.3 Å². The van der Waals surface area contributed by atoms with Crippen LogP contribution in [-0.4, -0.2) is 24.1 Å². The Balaban J connectivity index is 2.57. The molecule has 1 aliphatic rings. The van der Waals surface area contributed by atoms with Crippen molar-refractivity contribution >= 4 is 17.5 Å². The summed E-state index contributed by atoms with van der Waals surface area (Å²) in [6.07, 6.45) is 5.16. The van der Waals surface area contributed by atoms with Gasteiger partial charge in [-0.1, -0.05) is 11.6 Å². The van der Waals surface area contributed by atoms with Crippen LogP contribution in [0.5, 0.6) is 0 Å². The van der Waals surface area contributed by atoms with Crippen molar-refractivity contribution < 1.29 is 19.1 Å². The van der Waals surface area contributed by atoms with Crippen molar-refractivity contribution in [2.24, 2.45) is 0 Å². The predicted octanol–water partition coefficient (Wildman–Crippen LogP) is 3.86. The first kappa shape index (κ1) is 19.1. The van der Waals surface area contributed by atoms with Gasteiger partial charge in [0.2, 0.25) is 0 Å². The maximum Gasteiger partial charge on any atom is 0.302 e. The number of allylic oxidation sites excluding steroid dienone is 6. The zero-order valence-electron chi connectivity index (χ0n) is 14.7. The van der Waals surface area contributed by atoms with E-state index in [-0.39, 0.29) is 17.5 Å². The lowest BCUT2D eigenvalue weighted by Crippen LogP contribution is -2.20. The zero-order valence-corrected chi connectivity index (χ0v) is 14.7. The highest BCUT2D eigenvalue weighted by molar-refractivity contribution is 6.24. The molecule has 0 heterocycles. The van der Waals surface area contributed by atoms with Crippen LogP contribution in [0.2, 0.25) is 0 Å². The number of Topliss-reactive ketones (excluding diaryl/α,β-unsaturated/α-hetero) is 2. The van der Waals surface area contributed by atoms with Gasteiger partial charge in [0, 0.05) is 29.2 Å². The number of rotatable bonds is 7. The third kappa shape index (κ3) is 5.31. The molecule has 4 heteroatoms. The van der Waals surface area contributed by atoms with Crippen molar-refractivity contribution in [3.8, 4) is 0 Å². The Kier molecular flexibility index (Phi) is 7.14. The second-order valence-electron chi connectivity index (χ2n) is 6.06.